The van der Waals surface area contributed by atoms with Gasteiger partial charge in [0.25, 0.3) is 0 Å². The van der Waals surface area contributed by atoms with Crippen molar-refractivity contribution in [2.24, 2.45) is 0 Å². The molecule has 10 N–H and O–H groups in total. The average molecular weight is 488 g/mol. The van der Waals surface area contributed by atoms with E-state index in [-0.39, 0.29) is 6.29 Å². The van der Waals surface area contributed by atoms with Crippen LogP contribution in [0.3, 0.4) is 0 Å². The maximum atomic E-state index is 11.3. The van der Waals surface area contributed by atoms with Crippen LogP contribution in [0.25, 0.3) is 0 Å². The van der Waals surface area contributed by atoms with Crippen molar-refractivity contribution in [3.8, 4) is 0 Å². The predicted molar refractivity (Wildman–Crippen MR) is 101 cm³/mol. The van der Waals surface area contributed by atoms with Crippen LogP contribution in [0.5, 0.6) is 0 Å². The summed E-state index contributed by atoms with van der Waals surface area (Å²) in [6, 6.07) is 0. The zero-order valence-corrected chi connectivity index (χ0v) is 17.6. The number of carbonyl (C=O) groups is 1. The lowest BCUT2D eigenvalue weighted by Gasteiger charge is -2.44. The van der Waals surface area contributed by atoms with E-state index in [0.717, 1.165) is 0 Å². The van der Waals surface area contributed by atoms with Crippen molar-refractivity contribution >= 4 is 6.29 Å². The smallest absolute Gasteiger partial charge is 0.187 e. The van der Waals surface area contributed by atoms with Crippen LogP contribution in [-0.2, 0) is 23.7 Å². The minimum Gasteiger partial charge on any atom is -0.394 e. The van der Waals surface area contributed by atoms with E-state index >= 15 is 0 Å². The molecular formula is C18H32O15. The molecule has 15 nitrogen and oxygen atoms in total. The average Bonchev–Trinajstić information content (AvgIpc) is 2.81. The van der Waals surface area contributed by atoms with Gasteiger partial charge in [-0.25, -0.2) is 0 Å². The van der Waals surface area contributed by atoms with E-state index in [9.17, 15) is 55.9 Å². The van der Waals surface area contributed by atoms with Crippen LogP contribution >= 0.6 is 0 Å². The Labute approximate surface area is 187 Å². The van der Waals surface area contributed by atoms with Crippen molar-refractivity contribution in [2.75, 3.05) is 13.2 Å². The van der Waals surface area contributed by atoms with E-state index in [2.05, 4.69) is 0 Å². The van der Waals surface area contributed by atoms with Gasteiger partial charge in [0, 0.05) is 0 Å². The second kappa shape index (κ2) is 12.2. The number of hydrogen-bond acceptors (Lipinski definition) is 15. The summed E-state index contributed by atoms with van der Waals surface area (Å²) in [5.41, 5.74) is 0. The molecule has 0 aliphatic carbocycles. The van der Waals surface area contributed by atoms with Crippen LogP contribution in [-0.4, -0.2) is 156 Å². The Kier molecular flexibility index (Phi) is 10.5. The van der Waals surface area contributed by atoms with Gasteiger partial charge in [0.2, 0.25) is 0 Å². The van der Waals surface area contributed by atoms with Gasteiger partial charge in [-0.3, -0.25) is 0 Å². The maximum absolute atomic E-state index is 11.3. The van der Waals surface area contributed by atoms with Crippen LogP contribution in [0.2, 0.25) is 0 Å². The summed E-state index contributed by atoms with van der Waals surface area (Å²) in [5, 5.41) is 99.1. The van der Waals surface area contributed by atoms with Crippen LogP contribution in [0.15, 0.2) is 0 Å². The molecule has 0 aromatic rings. The first-order chi connectivity index (χ1) is 15.5. The fraction of sp³-hybridized carbons (Fsp3) is 0.944. The lowest BCUT2D eigenvalue weighted by molar-refractivity contribution is -0.349. The Morgan fingerprint density at radius 3 is 1.82 bits per heavy atom. The van der Waals surface area contributed by atoms with Gasteiger partial charge < -0.3 is 74.8 Å². The normalized spacial score (nSPS) is 43.5. The molecule has 0 bridgehead atoms. The summed E-state index contributed by atoms with van der Waals surface area (Å²) >= 11 is 0. The monoisotopic (exact) mass is 488 g/mol. The Hall–Kier alpha value is -0.890. The molecule has 14 unspecified atom stereocenters. The highest BCUT2D eigenvalue weighted by Crippen LogP contribution is 2.28. The third kappa shape index (κ3) is 6.22. The molecule has 2 aliphatic rings. The van der Waals surface area contributed by atoms with E-state index in [4.69, 9.17) is 18.9 Å². The molecule has 33 heavy (non-hydrogen) atoms. The minimum absolute atomic E-state index is 0.0255. The minimum atomic E-state index is -2.07. The van der Waals surface area contributed by atoms with Gasteiger partial charge in [-0.1, -0.05) is 0 Å². The number of ether oxygens (including phenoxy) is 4. The first-order valence-electron chi connectivity index (χ1n) is 10.2. The molecule has 194 valence electrons. The van der Waals surface area contributed by atoms with Crippen LogP contribution in [0.4, 0.5) is 0 Å². The fourth-order valence-corrected chi connectivity index (χ4v) is 3.54. The molecule has 2 aliphatic heterocycles. The van der Waals surface area contributed by atoms with Crippen molar-refractivity contribution in [3.63, 3.8) is 0 Å². The van der Waals surface area contributed by atoms with Gasteiger partial charge in [-0.05, 0) is 6.92 Å². The molecule has 0 spiro atoms. The second-order valence-corrected chi connectivity index (χ2v) is 7.96. The third-order valence-corrected chi connectivity index (χ3v) is 5.61. The topological polar surface area (TPSA) is 256 Å². The highest BCUT2D eigenvalue weighted by molar-refractivity contribution is 5.56. The lowest BCUT2D eigenvalue weighted by atomic mass is 9.98. The summed E-state index contributed by atoms with van der Waals surface area (Å²) in [7, 11) is 0. The number of carbonyl (C=O) groups excluding carboxylic acids is 1. The van der Waals surface area contributed by atoms with Gasteiger partial charge in [-0.15, -0.1) is 0 Å². The van der Waals surface area contributed by atoms with Crippen molar-refractivity contribution in [1.82, 2.24) is 0 Å². The molecule has 0 amide bonds. The molecule has 0 saturated carbocycles. The third-order valence-electron chi connectivity index (χ3n) is 5.61. The molecule has 0 aromatic carbocycles. The largest absolute Gasteiger partial charge is 0.394 e. The summed E-state index contributed by atoms with van der Waals surface area (Å²) in [4.78, 5) is 11.3. The van der Waals surface area contributed by atoms with E-state index in [1.54, 1.807) is 0 Å². The standard InChI is InChI=1S/C18H32O15/c1-5-9(24)11(26)13(28)17(30-5)32-15(6(22)2-19)16(7(23)3-20)33-18-14(29)12(27)10(25)8(4-21)31-18/h2,5-18,20-29H,3-4H2,1H3. The quantitative estimate of drug-likeness (QED) is 0.128. The number of rotatable bonds is 10. The molecule has 15 heteroatoms. The molecule has 2 heterocycles. The molecule has 2 rings (SSSR count). The molecule has 14 atom stereocenters. The van der Waals surface area contributed by atoms with Crippen molar-refractivity contribution < 1.29 is 74.8 Å². The number of aliphatic hydroxyl groups is 10. The van der Waals surface area contributed by atoms with E-state index in [0.29, 0.717) is 0 Å². The molecular weight excluding hydrogens is 456 g/mol. The van der Waals surface area contributed by atoms with Crippen molar-refractivity contribution in [1.29, 1.82) is 0 Å². The number of aldehydes is 1. The predicted octanol–water partition coefficient (Wildman–Crippen LogP) is -6.70. The Balaban J connectivity index is 2.30. The fourth-order valence-electron chi connectivity index (χ4n) is 3.54. The summed E-state index contributed by atoms with van der Waals surface area (Å²) in [6.07, 6.45) is -24.4. The second-order valence-electron chi connectivity index (χ2n) is 7.96. The summed E-state index contributed by atoms with van der Waals surface area (Å²) < 4.78 is 21.2. The molecule has 0 aromatic heterocycles. The molecule has 2 saturated heterocycles. The van der Waals surface area contributed by atoms with Crippen LogP contribution in [0.1, 0.15) is 6.92 Å². The van der Waals surface area contributed by atoms with E-state index in [1.807, 2.05) is 0 Å². The summed E-state index contributed by atoms with van der Waals surface area (Å²) in [5.74, 6) is 0. The first kappa shape index (κ1) is 28.3. The SMILES string of the molecule is CC1OC(OC(C(O)C=O)C(OC2OC(CO)C(O)C(O)C2O)C(O)CO)C(O)C(O)C1O. The van der Waals surface area contributed by atoms with Gasteiger partial charge >= 0.3 is 0 Å². The van der Waals surface area contributed by atoms with Crippen LogP contribution < -0.4 is 0 Å². The van der Waals surface area contributed by atoms with Gasteiger partial charge in [0.1, 0.15) is 67.1 Å². The van der Waals surface area contributed by atoms with E-state index in [1.165, 1.54) is 6.92 Å². The van der Waals surface area contributed by atoms with Gasteiger partial charge in [0.15, 0.2) is 18.9 Å². The zero-order chi connectivity index (χ0) is 25.0. The Bertz CT molecular complexity index is 607. The van der Waals surface area contributed by atoms with Crippen LogP contribution in [0, 0.1) is 0 Å². The molecule has 2 fully saturated rings. The molecule has 0 radical (unpaired) electrons. The number of aliphatic hydroxyl groups excluding tert-OH is 10. The Morgan fingerprint density at radius 2 is 1.30 bits per heavy atom. The van der Waals surface area contributed by atoms with E-state index < -0.39 is 99.0 Å². The maximum Gasteiger partial charge on any atom is 0.187 e. The van der Waals surface area contributed by atoms with Gasteiger partial charge in [-0.2, -0.15) is 0 Å². The first-order valence-corrected chi connectivity index (χ1v) is 10.2. The summed E-state index contributed by atoms with van der Waals surface area (Å²) in [6.45, 7) is -0.472. The zero-order valence-electron chi connectivity index (χ0n) is 17.6. The Morgan fingerprint density at radius 1 is 0.788 bits per heavy atom. The highest BCUT2D eigenvalue weighted by Gasteiger charge is 2.49. The number of hydrogen-bond donors (Lipinski definition) is 10. The van der Waals surface area contributed by atoms with Crippen molar-refractivity contribution in [2.45, 2.75) is 92.8 Å². The van der Waals surface area contributed by atoms with Gasteiger partial charge in [0.05, 0.1) is 19.3 Å². The highest BCUT2D eigenvalue weighted by atomic mass is 16.7. The lowest BCUT2D eigenvalue weighted by Crippen LogP contribution is -2.63. The van der Waals surface area contributed by atoms with Crippen molar-refractivity contribution in [3.05, 3.63) is 0 Å².